The molecule has 0 heterocycles. The molecule has 0 aliphatic carbocycles. The van der Waals surface area contributed by atoms with Crippen LogP contribution in [0.5, 0.6) is 0 Å². The van der Waals surface area contributed by atoms with E-state index in [0.29, 0.717) is 31.6 Å². The first-order chi connectivity index (χ1) is 24.9. The summed E-state index contributed by atoms with van der Waals surface area (Å²) in [5, 5.41) is 38.5. The summed E-state index contributed by atoms with van der Waals surface area (Å²) in [5.41, 5.74) is 0. The number of aliphatic hydroxyl groups is 4. The van der Waals surface area contributed by atoms with Crippen molar-refractivity contribution in [3.8, 4) is 0 Å². The quantitative estimate of drug-likeness (QED) is 0.0146. The van der Waals surface area contributed by atoms with Crippen LogP contribution in [-0.2, 0) is 32.7 Å². The third-order valence-electron chi connectivity index (χ3n) is 7.85. The maximum atomic E-state index is 12.5. The van der Waals surface area contributed by atoms with Crippen molar-refractivity contribution in [2.24, 2.45) is 5.92 Å². The van der Waals surface area contributed by atoms with Gasteiger partial charge in [-0.05, 0) is 44.4 Å². The van der Waals surface area contributed by atoms with Crippen molar-refractivity contribution in [1.82, 2.24) is 0 Å². The molecular weight excluding hydrogens is 691 g/mol. The Kier molecular flexibility index (Phi) is 32.0. The molecule has 13 heteroatoms. The molecule has 12 nitrogen and oxygen atoms in total. The van der Waals surface area contributed by atoms with E-state index in [1.165, 1.54) is 32.1 Å². The van der Waals surface area contributed by atoms with Gasteiger partial charge in [0.25, 0.3) is 0 Å². The van der Waals surface area contributed by atoms with E-state index in [1.807, 2.05) is 6.08 Å². The van der Waals surface area contributed by atoms with Gasteiger partial charge in [-0.2, -0.15) is 0 Å². The monoisotopic (exact) mass is 760 g/mol. The molecule has 0 radical (unpaired) electrons. The smallest absolute Gasteiger partial charge is 0.462 e. The Bertz CT molecular complexity index is 1060. The number of phosphoric acid groups is 1. The van der Waals surface area contributed by atoms with Crippen LogP contribution in [0.15, 0.2) is 48.6 Å². The summed E-state index contributed by atoms with van der Waals surface area (Å²) in [4.78, 5) is 34.8. The number of hydrogen-bond donors (Lipinski definition) is 5. The van der Waals surface area contributed by atoms with Crippen molar-refractivity contribution >= 4 is 19.8 Å². The van der Waals surface area contributed by atoms with E-state index in [0.717, 1.165) is 38.5 Å². The van der Waals surface area contributed by atoms with Gasteiger partial charge in [-0.15, -0.1) is 0 Å². The van der Waals surface area contributed by atoms with E-state index in [-0.39, 0.29) is 12.8 Å². The van der Waals surface area contributed by atoms with Crippen molar-refractivity contribution in [3.05, 3.63) is 48.6 Å². The maximum Gasteiger partial charge on any atom is 0.472 e. The van der Waals surface area contributed by atoms with Gasteiger partial charge in [-0.1, -0.05) is 127 Å². The second kappa shape index (κ2) is 33.4. The molecule has 0 aromatic heterocycles. The molecule has 0 bridgehead atoms. The normalized spacial score (nSPS) is 15.9. The third kappa shape index (κ3) is 33.7. The Labute approximate surface area is 312 Å². The van der Waals surface area contributed by atoms with E-state index in [9.17, 15) is 34.4 Å². The minimum atomic E-state index is -4.67. The molecule has 0 saturated carbocycles. The highest BCUT2D eigenvalue weighted by atomic mass is 31.2. The Balaban J connectivity index is 4.64. The Morgan fingerprint density at radius 2 is 1.31 bits per heavy atom. The number of hydrogen-bond acceptors (Lipinski definition) is 11. The van der Waals surface area contributed by atoms with Crippen molar-refractivity contribution in [3.63, 3.8) is 0 Å². The summed E-state index contributed by atoms with van der Waals surface area (Å²) in [6.45, 7) is 4.23. The van der Waals surface area contributed by atoms with Crippen LogP contribution < -0.4 is 0 Å². The van der Waals surface area contributed by atoms with Gasteiger partial charge in [0, 0.05) is 12.8 Å². The minimum Gasteiger partial charge on any atom is -0.462 e. The molecule has 0 amide bonds. The highest BCUT2D eigenvalue weighted by molar-refractivity contribution is 7.47. The number of esters is 2. The van der Waals surface area contributed by atoms with Crippen molar-refractivity contribution in [2.75, 3.05) is 26.4 Å². The van der Waals surface area contributed by atoms with E-state index in [1.54, 1.807) is 36.5 Å². The molecule has 0 fully saturated rings. The van der Waals surface area contributed by atoms with E-state index < -0.39 is 70.6 Å². The van der Waals surface area contributed by atoms with Gasteiger partial charge >= 0.3 is 19.8 Å². The molecule has 0 aromatic rings. The molecule has 1 unspecified atom stereocenters. The number of rotatable bonds is 34. The molecule has 0 spiro atoms. The first-order valence-electron chi connectivity index (χ1n) is 19.2. The SMILES string of the molecule is CCCCC/C=C\C[C@@H](O)/C=C/C=C/C=C\[C@@H](O)CCCC(=O)OC[C@H](COP(=O)(O)OC[C@@H](O)CO)OC(=O)CCCCCCCCCC(C)C. The Hall–Kier alpha value is -2.15. The summed E-state index contributed by atoms with van der Waals surface area (Å²) in [7, 11) is -4.67. The van der Waals surface area contributed by atoms with Gasteiger partial charge in [0.2, 0.25) is 0 Å². The van der Waals surface area contributed by atoms with Crippen LogP contribution in [0.3, 0.4) is 0 Å². The standard InChI is InChI=1S/C39H69O12P/c1-4-5-6-7-12-17-23-34(41)24-18-14-15-19-25-35(42)26-21-28-38(44)48-31-37(32-50-52(46,47)49-30-36(43)29-40)51-39(45)27-20-13-10-8-9-11-16-22-33(2)3/h12,14-15,17-19,24-25,33-37,40-43H,4-11,13,16,20-23,26-32H2,1-3H3,(H,46,47)/b15-14+,17-12-,24-18+,25-19-/t34-,35-,36+,37-/m1/s1. The molecule has 0 aliphatic heterocycles. The van der Waals surface area contributed by atoms with Gasteiger partial charge in [0.15, 0.2) is 6.10 Å². The molecule has 52 heavy (non-hydrogen) atoms. The van der Waals surface area contributed by atoms with Crippen LogP contribution in [0.2, 0.25) is 0 Å². The van der Waals surface area contributed by atoms with Gasteiger partial charge in [0.05, 0.1) is 32.0 Å². The number of unbranched alkanes of at least 4 members (excludes halogenated alkanes) is 9. The van der Waals surface area contributed by atoms with Crippen molar-refractivity contribution in [2.45, 2.75) is 154 Å². The van der Waals surface area contributed by atoms with E-state index >= 15 is 0 Å². The highest BCUT2D eigenvalue weighted by Crippen LogP contribution is 2.43. The highest BCUT2D eigenvalue weighted by Gasteiger charge is 2.27. The fraction of sp³-hybridized carbons (Fsp3) is 0.744. The summed E-state index contributed by atoms with van der Waals surface area (Å²) < 4.78 is 32.4. The molecule has 0 saturated heterocycles. The summed E-state index contributed by atoms with van der Waals surface area (Å²) >= 11 is 0. The van der Waals surface area contributed by atoms with Crippen molar-refractivity contribution < 1.29 is 58.0 Å². The van der Waals surface area contributed by atoms with E-state index in [4.69, 9.17) is 19.1 Å². The molecule has 302 valence electrons. The molecule has 5 N–H and O–H groups in total. The summed E-state index contributed by atoms with van der Waals surface area (Å²) in [6, 6.07) is 0. The fourth-order valence-corrected chi connectivity index (χ4v) is 5.57. The van der Waals surface area contributed by atoms with Crippen LogP contribution in [0.25, 0.3) is 0 Å². The lowest BCUT2D eigenvalue weighted by Gasteiger charge is -2.20. The van der Waals surface area contributed by atoms with Crippen LogP contribution in [0, 0.1) is 5.92 Å². The lowest BCUT2D eigenvalue weighted by Crippen LogP contribution is -2.30. The average Bonchev–Trinajstić information content (AvgIpc) is 3.10. The molecule has 0 aliphatic rings. The van der Waals surface area contributed by atoms with Crippen LogP contribution in [0.4, 0.5) is 0 Å². The number of phosphoric ester groups is 1. The van der Waals surface area contributed by atoms with Crippen molar-refractivity contribution in [1.29, 1.82) is 0 Å². The number of aliphatic hydroxyl groups excluding tert-OH is 4. The largest absolute Gasteiger partial charge is 0.472 e. The first-order valence-corrected chi connectivity index (χ1v) is 20.7. The molecular formula is C39H69O12P. The Morgan fingerprint density at radius 3 is 1.96 bits per heavy atom. The van der Waals surface area contributed by atoms with Gasteiger partial charge in [-0.25, -0.2) is 4.57 Å². The number of carbonyl (C=O) groups is 2. The number of ether oxygens (including phenoxy) is 2. The zero-order valence-corrected chi connectivity index (χ0v) is 32.8. The van der Waals surface area contributed by atoms with E-state index in [2.05, 4.69) is 31.4 Å². The molecule has 0 aromatic carbocycles. The van der Waals surface area contributed by atoms with Gasteiger partial charge < -0.3 is 34.8 Å². The summed E-state index contributed by atoms with van der Waals surface area (Å²) in [6.07, 6.45) is 24.6. The number of carbonyl (C=O) groups excluding carboxylic acids is 2. The lowest BCUT2D eigenvalue weighted by molar-refractivity contribution is -0.161. The zero-order chi connectivity index (χ0) is 38.9. The second-order valence-electron chi connectivity index (χ2n) is 13.5. The second-order valence-corrected chi connectivity index (χ2v) is 14.9. The topological polar surface area (TPSA) is 189 Å². The van der Waals surface area contributed by atoms with Gasteiger partial charge in [0.1, 0.15) is 12.7 Å². The van der Waals surface area contributed by atoms with Gasteiger partial charge in [-0.3, -0.25) is 18.6 Å². The summed E-state index contributed by atoms with van der Waals surface area (Å²) in [5.74, 6) is -0.458. The lowest BCUT2D eigenvalue weighted by atomic mass is 10.0. The molecule has 0 rings (SSSR count). The Morgan fingerprint density at radius 1 is 0.692 bits per heavy atom. The average molecular weight is 761 g/mol. The van der Waals surface area contributed by atoms with Crippen LogP contribution in [0.1, 0.15) is 130 Å². The molecule has 5 atom stereocenters. The predicted molar refractivity (Wildman–Crippen MR) is 203 cm³/mol. The van der Waals surface area contributed by atoms with Crippen LogP contribution in [-0.4, -0.2) is 88.1 Å². The maximum absolute atomic E-state index is 12.5. The fourth-order valence-electron chi connectivity index (χ4n) is 4.78. The predicted octanol–water partition coefficient (Wildman–Crippen LogP) is 7.18. The minimum absolute atomic E-state index is 0.0198. The zero-order valence-electron chi connectivity index (χ0n) is 31.9. The first kappa shape index (κ1) is 49.9. The number of allylic oxidation sites excluding steroid dienone is 5. The van der Waals surface area contributed by atoms with Crippen LogP contribution >= 0.6 is 7.82 Å². The third-order valence-corrected chi connectivity index (χ3v) is 8.81.